The van der Waals surface area contributed by atoms with Gasteiger partial charge in [-0.1, -0.05) is 5.16 Å². The highest BCUT2D eigenvalue weighted by Crippen LogP contribution is 2.08. The highest BCUT2D eigenvalue weighted by molar-refractivity contribution is 7.86. The molecule has 6 heteroatoms. The van der Waals surface area contributed by atoms with Crippen LogP contribution in [0.25, 0.3) is 0 Å². The summed E-state index contributed by atoms with van der Waals surface area (Å²) < 4.78 is 29.4. The molecule has 0 aliphatic carbocycles. The van der Waals surface area contributed by atoms with Gasteiger partial charge in [0.2, 0.25) is 0 Å². The molecule has 1 aromatic heterocycles. The lowest BCUT2D eigenvalue weighted by molar-refractivity contribution is 0.320. The van der Waals surface area contributed by atoms with Crippen molar-refractivity contribution in [1.29, 1.82) is 0 Å². The Balaban J connectivity index is 2.75. The van der Waals surface area contributed by atoms with Crippen LogP contribution in [0.1, 0.15) is 0 Å². The minimum atomic E-state index is -3.48. The molecule has 0 aliphatic rings. The van der Waals surface area contributed by atoms with Gasteiger partial charge in [-0.25, -0.2) is 0 Å². The summed E-state index contributed by atoms with van der Waals surface area (Å²) in [5, 5.41) is 3.24. The lowest BCUT2D eigenvalue weighted by atomic mass is 10.7. The molecular weight excluding hydrogens is 158 g/mol. The molecule has 0 bridgehead atoms. The van der Waals surface area contributed by atoms with E-state index in [9.17, 15) is 8.42 Å². The lowest BCUT2D eigenvalue weighted by Crippen LogP contribution is -2.04. The zero-order valence-corrected chi connectivity index (χ0v) is 5.96. The minimum absolute atomic E-state index is 0.123. The molecule has 1 rings (SSSR count). The number of nitrogens with zero attached hydrogens (tertiary/aromatic N) is 1. The van der Waals surface area contributed by atoms with Gasteiger partial charge in [-0.2, -0.15) is 8.42 Å². The number of aromatic nitrogens is 1. The molecule has 5 nitrogen and oxygen atoms in total. The van der Waals surface area contributed by atoms with E-state index in [1.165, 1.54) is 12.3 Å². The van der Waals surface area contributed by atoms with Crippen molar-refractivity contribution < 1.29 is 17.1 Å². The maximum Gasteiger partial charge on any atom is 0.327 e. The number of hydrogen-bond acceptors (Lipinski definition) is 5. The largest absolute Gasteiger partial charge is 0.344 e. The first-order valence-corrected chi connectivity index (χ1v) is 4.20. The normalized spacial score (nSPS) is 11.3. The highest BCUT2D eigenvalue weighted by atomic mass is 32.2. The fourth-order valence-corrected chi connectivity index (χ4v) is 0.781. The Morgan fingerprint density at radius 1 is 1.70 bits per heavy atom. The molecule has 0 atom stereocenters. The lowest BCUT2D eigenvalue weighted by Gasteiger charge is -1.93. The van der Waals surface area contributed by atoms with E-state index in [0.29, 0.717) is 0 Å². The van der Waals surface area contributed by atoms with Crippen molar-refractivity contribution in [2.45, 2.75) is 0 Å². The Hall–Kier alpha value is -1.04. The molecule has 0 saturated heterocycles. The Morgan fingerprint density at radius 3 is 2.80 bits per heavy atom. The molecule has 0 spiro atoms. The van der Waals surface area contributed by atoms with Crippen LogP contribution in [-0.2, 0) is 10.1 Å². The van der Waals surface area contributed by atoms with Gasteiger partial charge in [0.1, 0.15) is 0 Å². The van der Waals surface area contributed by atoms with Crippen LogP contribution in [0.3, 0.4) is 0 Å². The van der Waals surface area contributed by atoms with Crippen molar-refractivity contribution in [3.05, 3.63) is 12.3 Å². The van der Waals surface area contributed by atoms with Crippen molar-refractivity contribution in [1.82, 2.24) is 5.16 Å². The third-order valence-corrected chi connectivity index (χ3v) is 1.11. The molecule has 1 heterocycles. The average molecular weight is 163 g/mol. The second-order valence-corrected chi connectivity index (χ2v) is 3.19. The molecule has 0 unspecified atom stereocenters. The van der Waals surface area contributed by atoms with Crippen LogP contribution in [0.5, 0.6) is 5.95 Å². The molecule has 0 aromatic carbocycles. The smallest absolute Gasteiger partial charge is 0.327 e. The quantitative estimate of drug-likeness (QED) is 0.574. The van der Waals surface area contributed by atoms with Gasteiger partial charge in [-0.3, -0.25) is 0 Å². The zero-order valence-electron chi connectivity index (χ0n) is 5.14. The molecule has 0 N–H and O–H groups in total. The third-order valence-electron chi connectivity index (χ3n) is 0.648. The van der Waals surface area contributed by atoms with E-state index in [1.807, 2.05) is 0 Å². The Bertz CT molecular complexity index is 287. The van der Waals surface area contributed by atoms with Crippen LogP contribution in [0.4, 0.5) is 0 Å². The van der Waals surface area contributed by atoms with Crippen molar-refractivity contribution in [2.24, 2.45) is 0 Å². The Kier molecular flexibility index (Phi) is 1.62. The first-order valence-electron chi connectivity index (χ1n) is 2.38. The van der Waals surface area contributed by atoms with Gasteiger partial charge in [0, 0.05) is 6.07 Å². The van der Waals surface area contributed by atoms with Gasteiger partial charge in [-0.15, -0.1) is 0 Å². The van der Waals surface area contributed by atoms with Crippen molar-refractivity contribution in [3.8, 4) is 5.95 Å². The summed E-state index contributed by atoms with van der Waals surface area (Å²) in [7, 11) is -3.48. The van der Waals surface area contributed by atoms with Crippen LogP contribution in [0.2, 0.25) is 0 Å². The van der Waals surface area contributed by atoms with Crippen molar-refractivity contribution in [3.63, 3.8) is 0 Å². The summed E-state index contributed by atoms with van der Waals surface area (Å²) in [5.41, 5.74) is 0. The molecule has 0 amide bonds. The van der Waals surface area contributed by atoms with Gasteiger partial charge in [0.25, 0.3) is 0 Å². The summed E-state index contributed by atoms with van der Waals surface area (Å²) >= 11 is 0. The van der Waals surface area contributed by atoms with E-state index in [1.54, 1.807) is 0 Å². The average Bonchev–Trinajstić information content (AvgIpc) is 2.12. The molecule has 0 radical (unpaired) electrons. The fraction of sp³-hybridized carbons (Fsp3) is 0.250. The van der Waals surface area contributed by atoms with Crippen LogP contribution in [0.15, 0.2) is 16.8 Å². The van der Waals surface area contributed by atoms with Crippen LogP contribution >= 0.6 is 0 Å². The molecule has 10 heavy (non-hydrogen) atoms. The highest BCUT2D eigenvalue weighted by Gasteiger charge is 2.05. The number of rotatable bonds is 2. The topological polar surface area (TPSA) is 69.4 Å². The van der Waals surface area contributed by atoms with E-state index in [0.717, 1.165) is 6.26 Å². The van der Waals surface area contributed by atoms with Crippen LogP contribution < -0.4 is 4.18 Å². The van der Waals surface area contributed by atoms with Gasteiger partial charge in [0.05, 0.1) is 12.5 Å². The molecule has 56 valence electrons. The summed E-state index contributed by atoms with van der Waals surface area (Å²) in [6.07, 6.45) is 2.22. The summed E-state index contributed by atoms with van der Waals surface area (Å²) in [4.78, 5) is 0. The Morgan fingerprint density at radius 2 is 2.40 bits per heavy atom. The fourth-order valence-electron chi connectivity index (χ4n) is 0.396. The van der Waals surface area contributed by atoms with Crippen molar-refractivity contribution >= 4 is 10.1 Å². The first kappa shape index (κ1) is 7.07. The van der Waals surface area contributed by atoms with Gasteiger partial charge in [-0.05, 0) is 0 Å². The summed E-state index contributed by atoms with van der Waals surface area (Å²) in [6, 6.07) is 1.31. The second-order valence-electron chi connectivity index (χ2n) is 1.62. The number of hydrogen-bond donors (Lipinski definition) is 0. The van der Waals surface area contributed by atoms with Gasteiger partial charge < -0.3 is 8.71 Å². The van der Waals surface area contributed by atoms with E-state index in [4.69, 9.17) is 0 Å². The predicted octanol–water partition coefficient (Wildman–Crippen LogP) is 0.0130. The van der Waals surface area contributed by atoms with E-state index < -0.39 is 10.1 Å². The van der Waals surface area contributed by atoms with E-state index >= 15 is 0 Å². The zero-order chi connectivity index (χ0) is 7.61. The van der Waals surface area contributed by atoms with E-state index in [2.05, 4.69) is 13.9 Å². The summed E-state index contributed by atoms with van der Waals surface area (Å²) in [5.74, 6) is -0.123. The van der Waals surface area contributed by atoms with Crippen molar-refractivity contribution in [2.75, 3.05) is 6.26 Å². The molecule has 0 fully saturated rings. The van der Waals surface area contributed by atoms with Crippen LogP contribution in [0, 0.1) is 0 Å². The molecule has 0 aliphatic heterocycles. The summed E-state index contributed by atoms with van der Waals surface area (Å²) in [6.45, 7) is 0. The van der Waals surface area contributed by atoms with Gasteiger partial charge >= 0.3 is 16.1 Å². The molecule has 0 saturated carbocycles. The molecular formula is C4H5NO4S. The van der Waals surface area contributed by atoms with Gasteiger partial charge in [0.15, 0.2) is 0 Å². The van der Waals surface area contributed by atoms with E-state index in [-0.39, 0.29) is 5.95 Å². The SMILES string of the molecule is CS(=O)(=O)Oc1ccno1. The minimum Gasteiger partial charge on any atom is -0.344 e. The predicted molar refractivity (Wildman–Crippen MR) is 32.0 cm³/mol. The molecule has 1 aromatic rings. The standard InChI is InChI=1S/C4H5NO4S/c1-10(6,7)9-4-2-3-5-8-4/h2-3H,1H3. The maximum atomic E-state index is 10.4. The third kappa shape index (κ3) is 2.06. The second kappa shape index (κ2) is 2.30. The monoisotopic (exact) mass is 163 g/mol. The first-order chi connectivity index (χ1) is 4.58. The maximum absolute atomic E-state index is 10.4. The van der Waals surface area contributed by atoms with Crippen LogP contribution in [-0.4, -0.2) is 19.8 Å². The Labute approximate surface area is 57.7 Å².